The lowest BCUT2D eigenvalue weighted by atomic mass is 10.1. The normalized spacial score (nSPS) is 11.0. The Morgan fingerprint density at radius 2 is 1.92 bits per heavy atom. The van der Waals surface area contributed by atoms with Gasteiger partial charge in [0.05, 0.1) is 10.6 Å². The van der Waals surface area contributed by atoms with E-state index in [9.17, 15) is 14.9 Å². The number of rotatable bonds is 8. The van der Waals surface area contributed by atoms with Gasteiger partial charge in [-0.1, -0.05) is 19.1 Å². The van der Waals surface area contributed by atoms with Crippen LogP contribution in [0.25, 0.3) is 0 Å². The molecule has 0 heterocycles. The summed E-state index contributed by atoms with van der Waals surface area (Å²) in [5, 5.41) is 23.9. The van der Waals surface area contributed by atoms with Gasteiger partial charge in [-0.15, -0.1) is 0 Å². The van der Waals surface area contributed by atoms with Gasteiger partial charge in [0.25, 0.3) is 5.69 Å². The van der Waals surface area contributed by atoms with E-state index in [1.165, 1.54) is 6.07 Å². The van der Waals surface area contributed by atoms with E-state index in [4.69, 9.17) is 9.84 Å². The molecule has 130 valence electrons. The molecule has 2 aromatic carbocycles. The quantitative estimate of drug-likeness (QED) is 0.432. The minimum Gasteiger partial charge on any atom is -0.482 e. The molecule has 8 nitrogen and oxygen atoms in total. The zero-order chi connectivity index (χ0) is 18.2. The van der Waals surface area contributed by atoms with E-state index in [2.05, 4.69) is 10.5 Å². The van der Waals surface area contributed by atoms with Crippen LogP contribution in [0.5, 0.6) is 5.75 Å². The van der Waals surface area contributed by atoms with Gasteiger partial charge >= 0.3 is 5.97 Å². The van der Waals surface area contributed by atoms with Crippen molar-refractivity contribution in [2.24, 2.45) is 5.10 Å². The van der Waals surface area contributed by atoms with E-state index in [-0.39, 0.29) is 5.69 Å². The van der Waals surface area contributed by atoms with Gasteiger partial charge in [0.2, 0.25) is 0 Å². The van der Waals surface area contributed by atoms with Gasteiger partial charge in [-0.25, -0.2) is 4.79 Å². The van der Waals surface area contributed by atoms with Gasteiger partial charge < -0.3 is 9.84 Å². The molecule has 0 radical (unpaired) electrons. The van der Waals surface area contributed by atoms with E-state index in [0.29, 0.717) is 23.6 Å². The standard InChI is InChI=1S/C17H17N3O5/c1-2-14(12-7-9-13(10-8-12)25-11-17(21)22)18-19-15-5-3-4-6-16(15)20(23)24/h3-10,19H,2,11H2,1H3,(H,21,22)/b18-14-. The molecule has 0 aliphatic rings. The summed E-state index contributed by atoms with van der Waals surface area (Å²) in [6.45, 7) is 1.50. The van der Waals surface area contributed by atoms with Crippen LogP contribution in [-0.4, -0.2) is 28.3 Å². The van der Waals surface area contributed by atoms with Gasteiger partial charge in [0.15, 0.2) is 6.61 Å². The Morgan fingerprint density at radius 3 is 2.52 bits per heavy atom. The molecular formula is C17H17N3O5. The minimum atomic E-state index is -1.05. The number of carbonyl (C=O) groups is 1. The van der Waals surface area contributed by atoms with Crippen molar-refractivity contribution >= 4 is 23.1 Å². The first-order valence-electron chi connectivity index (χ1n) is 7.52. The third-order valence-corrected chi connectivity index (χ3v) is 3.30. The largest absolute Gasteiger partial charge is 0.482 e. The van der Waals surface area contributed by atoms with Crippen molar-refractivity contribution in [2.45, 2.75) is 13.3 Å². The lowest BCUT2D eigenvalue weighted by molar-refractivity contribution is -0.384. The number of nitrogens with one attached hydrogen (secondary N) is 1. The third-order valence-electron chi connectivity index (χ3n) is 3.30. The SMILES string of the molecule is CC/C(=N/Nc1ccccc1[N+](=O)[O-])c1ccc(OCC(=O)O)cc1. The maximum Gasteiger partial charge on any atom is 0.341 e. The van der Waals surface area contributed by atoms with Crippen LogP contribution in [0.2, 0.25) is 0 Å². The molecule has 0 saturated carbocycles. The monoisotopic (exact) mass is 343 g/mol. The Balaban J connectivity index is 2.15. The molecule has 0 unspecified atom stereocenters. The van der Waals surface area contributed by atoms with Crippen molar-refractivity contribution in [3.63, 3.8) is 0 Å². The lowest BCUT2D eigenvalue weighted by Gasteiger charge is -2.08. The van der Waals surface area contributed by atoms with Crippen LogP contribution < -0.4 is 10.2 Å². The summed E-state index contributed by atoms with van der Waals surface area (Å²) in [6.07, 6.45) is 0.600. The number of carboxylic acids is 1. The van der Waals surface area contributed by atoms with Gasteiger partial charge in [-0.05, 0) is 42.3 Å². The molecule has 2 N–H and O–H groups in total. The van der Waals surface area contributed by atoms with Crippen molar-refractivity contribution in [1.29, 1.82) is 0 Å². The highest BCUT2D eigenvalue weighted by Crippen LogP contribution is 2.23. The highest BCUT2D eigenvalue weighted by Gasteiger charge is 2.12. The molecule has 0 spiro atoms. The number of aliphatic carboxylic acids is 1. The number of hydrogen-bond donors (Lipinski definition) is 2. The Hall–Kier alpha value is -3.42. The van der Waals surface area contributed by atoms with E-state index in [1.807, 2.05) is 6.92 Å². The number of anilines is 1. The Kier molecular flexibility index (Phi) is 6.05. The molecule has 2 rings (SSSR count). The number of nitro benzene ring substituents is 1. The number of hydrogen-bond acceptors (Lipinski definition) is 6. The Morgan fingerprint density at radius 1 is 1.24 bits per heavy atom. The molecule has 0 bridgehead atoms. The van der Waals surface area contributed by atoms with Crippen molar-refractivity contribution in [3.05, 3.63) is 64.2 Å². The van der Waals surface area contributed by atoms with Crippen LogP contribution in [-0.2, 0) is 4.79 Å². The lowest BCUT2D eigenvalue weighted by Crippen LogP contribution is -2.09. The second kappa shape index (κ2) is 8.44. The number of carboxylic acid groups (broad SMARTS) is 1. The fourth-order valence-corrected chi connectivity index (χ4v) is 2.09. The first-order chi connectivity index (χ1) is 12.0. The van der Waals surface area contributed by atoms with Crippen LogP contribution >= 0.6 is 0 Å². The molecule has 0 atom stereocenters. The second-order valence-electron chi connectivity index (χ2n) is 5.00. The molecule has 0 saturated heterocycles. The van der Waals surface area contributed by atoms with Crippen LogP contribution in [0.15, 0.2) is 53.6 Å². The number of nitro groups is 1. The predicted octanol–water partition coefficient (Wildman–Crippen LogP) is 3.28. The van der Waals surface area contributed by atoms with Crippen molar-refractivity contribution < 1.29 is 19.6 Å². The first kappa shape index (κ1) is 17.9. The molecule has 0 fully saturated rings. The van der Waals surface area contributed by atoms with E-state index < -0.39 is 17.5 Å². The Bertz CT molecular complexity index is 787. The highest BCUT2D eigenvalue weighted by molar-refractivity contribution is 6.00. The van der Waals surface area contributed by atoms with Gasteiger partial charge in [0, 0.05) is 6.07 Å². The number of ether oxygens (including phenoxy) is 1. The maximum absolute atomic E-state index is 11.0. The predicted molar refractivity (Wildman–Crippen MR) is 93.1 cm³/mol. The third kappa shape index (κ3) is 5.03. The van der Waals surface area contributed by atoms with E-state index >= 15 is 0 Å². The fraction of sp³-hybridized carbons (Fsp3) is 0.176. The summed E-state index contributed by atoms with van der Waals surface area (Å²) >= 11 is 0. The van der Waals surface area contributed by atoms with Crippen molar-refractivity contribution in [1.82, 2.24) is 0 Å². The van der Waals surface area contributed by atoms with Gasteiger partial charge in [-0.2, -0.15) is 5.10 Å². The van der Waals surface area contributed by atoms with Gasteiger partial charge in [0.1, 0.15) is 11.4 Å². The maximum atomic E-state index is 11.0. The molecule has 0 aliphatic heterocycles. The molecular weight excluding hydrogens is 326 g/mol. The number of para-hydroxylation sites is 2. The second-order valence-corrected chi connectivity index (χ2v) is 5.00. The number of benzene rings is 2. The van der Waals surface area contributed by atoms with Gasteiger partial charge in [-0.3, -0.25) is 15.5 Å². The molecule has 2 aromatic rings. The Labute approximate surface area is 143 Å². The molecule has 0 aromatic heterocycles. The average Bonchev–Trinajstić information content (AvgIpc) is 2.61. The average molecular weight is 343 g/mol. The molecule has 0 aliphatic carbocycles. The highest BCUT2D eigenvalue weighted by atomic mass is 16.6. The van der Waals surface area contributed by atoms with Crippen LogP contribution in [0, 0.1) is 10.1 Å². The fourth-order valence-electron chi connectivity index (χ4n) is 2.09. The van der Waals surface area contributed by atoms with Crippen molar-refractivity contribution in [2.75, 3.05) is 12.0 Å². The van der Waals surface area contributed by atoms with E-state index in [1.54, 1.807) is 42.5 Å². The van der Waals surface area contributed by atoms with Crippen LogP contribution in [0.4, 0.5) is 11.4 Å². The summed E-state index contributed by atoms with van der Waals surface area (Å²) in [7, 11) is 0. The smallest absolute Gasteiger partial charge is 0.341 e. The minimum absolute atomic E-state index is 0.0564. The molecule has 25 heavy (non-hydrogen) atoms. The first-order valence-corrected chi connectivity index (χ1v) is 7.52. The molecule has 8 heteroatoms. The molecule has 0 amide bonds. The summed E-state index contributed by atoms with van der Waals surface area (Å²) in [5.74, 6) is -0.609. The van der Waals surface area contributed by atoms with Crippen LogP contribution in [0.1, 0.15) is 18.9 Å². The van der Waals surface area contributed by atoms with Crippen LogP contribution in [0.3, 0.4) is 0 Å². The van der Waals surface area contributed by atoms with E-state index in [0.717, 1.165) is 5.56 Å². The van der Waals surface area contributed by atoms with Crippen molar-refractivity contribution in [3.8, 4) is 5.75 Å². The zero-order valence-corrected chi connectivity index (χ0v) is 13.5. The zero-order valence-electron chi connectivity index (χ0n) is 13.5. The number of nitrogens with zero attached hydrogens (tertiary/aromatic N) is 2. The topological polar surface area (TPSA) is 114 Å². The number of hydrazone groups is 1. The summed E-state index contributed by atoms with van der Waals surface area (Å²) in [4.78, 5) is 21.0. The summed E-state index contributed by atoms with van der Waals surface area (Å²) in [6, 6.07) is 13.1. The summed E-state index contributed by atoms with van der Waals surface area (Å²) < 4.78 is 5.08. The summed E-state index contributed by atoms with van der Waals surface area (Å²) in [5.41, 5.74) is 4.48.